The molecule has 0 spiro atoms. The number of imidazole rings is 1. The predicted molar refractivity (Wildman–Crippen MR) is 101 cm³/mol. The first-order valence-corrected chi connectivity index (χ1v) is 8.93. The van der Waals surface area contributed by atoms with Crippen molar-refractivity contribution in [3.63, 3.8) is 0 Å². The molecule has 1 aromatic heterocycles. The van der Waals surface area contributed by atoms with Crippen LogP contribution in [-0.4, -0.2) is 28.7 Å². The van der Waals surface area contributed by atoms with Crippen LogP contribution in [0.4, 0.5) is 0 Å². The Morgan fingerprint density at radius 1 is 1.22 bits per heavy atom. The molecule has 0 bridgehead atoms. The standard InChI is InChI=1S/C20H18ClN3O3/c1-24-8-7-22-19(24)17(13-5-3-2-4-6-13)23-20(25)14-11-15(21)18-16(12-14)26-9-10-27-18/h2-8,11-12,17H,9-10H2,1H3,(H,23,25)/t17-/m1/s1. The number of fused-ring (bicyclic) bond motifs is 1. The normalized spacial score (nSPS) is 13.9. The van der Waals surface area contributed by atoms with Crippen molar-refractivity contribution >= 4 is 17.5 Å². The summed E-state index contributed by atoms with van der Waals surface area (Å²) in [4.78, 5) is 17.4. The van der Waals surface area contributed by atoms with Crippen molar-refractivity contribution < 1.29 is 14.3 Å². The zero-order valence-electron chi connectivity index (χ0n) is 14.7. The van der Waals surface area contributed by atoms with Gasteiger partial charge in [0.1, 0.15) is 25.1 Å². The van der Waals surface area contributed by atoms with Crippen molar-refractivity contribution in [1.29, 1.82) is 0 Å². The summed E-state index contributed by atoms with van der Waals surface area (Å²) in [6.45, 7) is 0.863. The molecule has 2 heterocycles. The zero-order chi connectivity index (χ0) is 18.8. The van der Waals surface area contributed by atoms with Crippen LogP contribution in [0.1, 0.15) is 27.8 Å². The second-order valence-corrected chi connectivity index (χ2v) is 6.60. The molecular formula is C20H18ClN3O3. The summed E-state index contributed by atoms with van der Waals surface area (Å²) in [5.74, 6) is 1.42. The van der Waals surface area contributed by atoms with Gasteiger partial charge in [0, 0.05) is 25.0 Å². The molecule has 0 aliphatic carbocycles. The summed E-state index contributed by atoms with van der Waals surface area (Å²) in [6.07, 6.45) is 3.55. The minimum Gasteiger partial charge on any atom is -0.486 e. The Hall–Kier alpha value is -2.99. The van der Waals surface area contributed by atoms with E-state index < -0.39 is 6.04 Å². The molecule has 7 heteroatoms. The van der Waals surface area contributed by atoms with E-state index in [2.05, 4.69) is 10.3 Å². The number of amides is 1. The highest BCUT2D eigenvalue weighted by molar-refractivity contribution is 6.32. The Kier molecular flexibility index (Phi) is 4.73. The van der Waals surface area contributed by atoms with Crippen LogP contribution in [0, 0.1) is 0 Å². The van der Waals surface area contributed by atoms with Crippen molar-refractivity contribution in [3.05, 3.63) is 76.8 Å². The number of rotatable bonds is 4. The second kappa shape index (κ2) is 7.32. The topological polar surface area (TPSA) is 65.4 Å². The average molecular weight is 384 g/mol. The molecule has 1 N–H and O–H groups in total. The Balaban J connectivity index is 1.67. The van der Waals surface area contributed by atoms with Crippen molar-refractivity contribution in [1.82, 2.24) is 14.9 Å². The number of aryl methyl sites for hydroxylation is 1. The molecule has 0 fully saturated rings. The first kappa shape index (κ1) is 17.4. The number of hydrogen-bond acceptors (Lipinski definition) is 4. The number of nitrogens with one attached hydrogen (secondary N) is 1. The highest BCUT2D eigenvalue weighted by atomic mass is 35.5. The molecule has 1 amide bonds. The van der Waals surface area contributed by atoms with Gasteiger partial charge in [-0.2, -0.15) is 0 Å². The molecule has 0 unspecified atom stereocenters. The lowest BCUT2D eigenvalue weighted by molar-refractivity contribution is 0.0940. The number of nitrogens with zero attached hydrogens (tertiary/aromatic N) is 2. The van der Waals surface area contributed by atoms with Gasteiger partial charge in [-0.1, -0.05) is 41.9 Å². The SMILES string of the molecule is Cn1ccnc1[C@H](NC(=O)c1cc(Cl)c2c(c1)OCCO2)c1ccccc1. The molecule has 2 aromatic carbocycles. The maximum Gasteiger partial charge on any atom is 0.252 e. The van der Waals surface area contributed by atoms with Gasteiger partial charge in [0.25, 0.3) is 5.91 Å². The number of hydrogen-bond donors (Lipinski definition) is 1. The van der Waals surface area contributed by atoms with Crippen LogP contribution in [0.5, 0.6) is 11.5 Å². The van der Waals surface area contributed by atoms with E-state index in [0.29, 0.717) is 35.3 Å². The van der Waals surface area contributed by atoms with E-state index in [0.717, 1.165) is 11.4 Å². The lowest BCUT2D eigenvalue weighted by Crippen LogP contribution is -2.31. The minimum atomic E-state index is -0.398. The van der Waals surface area contributed by atoms with Crippen molar-refractivity contribution in [2.45, 2.75) is 6.04 Å². The Morgan fingerprint density at radius 3 is 2.74 bits per heavy atom. The molecule has 1 atom stereocenters. The third-order valence-corrected chi connectivity index (χ3v) is 4.66. The summed E-state index contributed by atoms with van der Waals surface area (Å²) >= 11 is 6.27. The van der Waals surface area contributed by atoms with Crippen LogP contribution < -0.4 is 14.8 Å². The van der Waals surface area contributed by atoms with Crippen molar-refractivity contribution in [2.75, 3.05) is 13.2 Å². The van der Waals surface area contributed by atoms with Crippen molar-refractivity contribution in [3.8, 4) is 11.5 Å². The monoisotopic (exact) mass is 383 g/mol. The number of aromatic nitrogens is 2. The predicted octanol–water partition coefficient (Wildman–Crippen LogP) is 3.36. The van der Waals surface area contributed by atoms with E-state index in [1.54, 1.807) is 18.3 Å². The molecule has 0 saturated heterocycles. The van der Waals surface area contributed by atoms with E-state index >= 15 is 0 Å². The van der Waals surface area contributed by atoms with E-state index in [9.17, 15) is 4.79 Å². The lowest BCUT2D eigenvalue weighted by Gasteiger charge is -2.22. The van der Waals surface area contributed by atoms with Crippen LogP contribution >= 0.6 is 11.6 Å². The third kappa shape index (κ3) is 3.48. The van der Waals surface area contributed by atoms with Crippen molar-refractivity contribution in [2.24, 2.45) is 7.05 Å². The van der Waals surface area contributed by atoms with Crippen LogP contribution in [0.3, 0.4) is 0 Å². The molecule has 0 saturated carbocycles. The van der Waals surface area contributed by atoms with E-state index in [1.807, 2.05) is 48.1 Å². The third-order valence-electron chi connectivity index (χ3n) is 4.38. The summed E-state index contributed by atoms with van der Waals surface area (Å²) in [7, 11) is 1.89. The lowest BCUT2D eigenvalue weighted by atomic mass is 10.1. The zero-order valence-corrected chi connectivity index (χ0v) is 15.4. The Morgan fingerprint density at radius 2 is 2.00 bits per heavy atom. The van der Waals surface area contributed by atoms with E-state index in [1.165, 1.54) is 0 Å². The first-order chi connectivity index (χ1) is 13.1. The molecule has 27 heavy (non-hydrogen) atoms. The number of carbonyl (C=O) groups excluding carboxylic acids is 1. The second-order valence-electron chi connectivity index (χ2n) is 6.20. The maximum atomic E-state index is 13.0. The fourth-order valence-electron chi connectivity index (χ4n) is 3.05. The van der Waals surface area contributed by atoms with Gasteiger partial charge >= 0.3 is 0 Å². The summed E-state index contributed by atoms with van der Waals surface area (Å²) in [5.41, 5.74) is 1.34. The highest BCUT2D eigenvalue weighted by Crippen LogP contribution is 2.38. The fraction of sp³-hybridized carbons (Fsp3) is 0.200. The van der Waals surface area contributed by atoms with Gasteiger partial charge < -0.3 is 19.4 Å². The van der Waals surface area contributed by atoms with Gasteiger partial charge in [0.15, 0.2) is 11.5 Å². The van der Waals surface area contributed by atoms with Gasteiger partial charge in [-0.15, -0.1) is 0 Å². The quantitative estimate of drug-likeness (QED) is 0.750. The van der Waals surface area contributed by atoms with Gasteiger partial charge in [-0.05, 0) is 17.7 Å². The van der Waals surface area contributed by atoms with Crippen LogP contribution in [-0.2, 0) is 7.05 Å². The fourth-order valence-corrected chi connectivity index (χ4v) is 3.32. The van der Waals surface area contributed by atoms with Crippen LogP contribution in [0.25, 0.3) is 0 Å². The van der Waals surface area contributed by atoms with E-state index in [4.69, 9.17) is 21.1 Å². The minimum absolute atomic E-state index is 0.272. The summed E-state index contributed by atoms with van der Waals surface area (Å²) < 4.78 is 13.0. The number of carbonyl (C=O) groups is 1. The molecule has 0 radical (unpaired) electrons. The Labute approximate surface area is 161 Å². The van der Waals surface area contributed by atoms with Crippen LogP contribution in [0.2, 0.25) is 5.02 Å². The molecule has 1 aliphatic heterocycles. The van der Waals surface area contributed by atoms with E-state index in [-0.39, 0.29) is 5.91 Å². The highest BCUT2D eigenvalue weighted by Gasteiger charge is 2.24. The number of benzene rings is 2. The van der Waals surface area contributed by atoms with Gasteiger partial charge in [-0.3, -0.25) is 4.79 Å². The largest absolute Gasteiger partial charge is 0.486 e. The molecule has 138 valence electrons. The Bertz CT molecular complexity index is 972. The van der Waals surface area contributed by atoms with Gasteiger partial charge in [-0.25, -0.2) is 4.98 Å². The average Bonchev–Trinajstić information content (AvgIpc) is 3.12. The number of halogens is 1. The number of ether oxygens (including phenoxy) is 2. The van der Waals surface area contributed by atoms with Gasteiger partial charge in [0.05, 0.1) is 5.02 Å². The molecule has 6 nitrogen and oxygen atoms in total. The summed E-state index contributed by atoms with van der Waals surface area (Å²) in [6, 6.07) is 12.5. The molecule has 1 aliphatic rings. The molecule has 3 aromatic rings. The molecule has 4 rings (SSSR count). The summed E-state index contributed by atoms with van der Waals surface area (Å²) in [5, 5.41) is 3.40. The van der Waals surface area contributed by atoms with Crippen LogP contribution in [0.15, 0.2) is 54.9 Å². The first-order valence-electron chi connectivity index (χ1n) is 8.55. The smallest absolute Gasteiger partial charge is 0.252 e. The van der Waals surface area contributed by atoms with Gasteiger partial charge in [0.2, 0.25) is 0 Å². The molecular weight excluding hydrogens is 366 g/mol. The maximum absolute atomic E-state index is 13.0.